The highest BCUT2D eigenvalue weighted by atomic mass is 19.4. The number of hydrogen-bond donors (Lipinski definition) is 0. The predicted octanol–water partition coefficient (Wildman–Crippen LogP) is 3.34. The van der Waals surface area contributed by atoms with Gasteiger partial charge in [0.25, 0.3) is 0 Å². The van der Waals surface area contributed by atoms with Crippen LogP contribution in [0, 0.1) is 5.41 Å². The van der Waals surface area contributed by atoms with Crippen molar-refractivity contribution >= 4 is 12.0 Å². The van der Waals surface area contributed by atoms with Crippen LogP contribution in [0.1, 0.15) is 39.2 Å². The summed E-state index contributed by atoms with van der Waals surface area (Å²) in [6.07, 6.45) is -4.23. The van der Waals surface area contributed by atoms with E-state index in [0.717, 1.165) is 6.08 Å². The lowest BCUT2D eigenvalue weighted by Gasteiger charge is -2.42. The van der Waals surface area contributed by atoms with Gasteiger partial charge in [0.1, 0.15) is 5.75 Å². The van der Waals surface area contributed by atoms with E-state index in [4.69, 9.17) is 4.74 Å². The van der Waals surface area contributed by atoms with Gasteiger partial charge in [0.2, 0.25) is 5.60 Å². The quantitative estimate of drug-likeness (QED) is 0.855. The monoisotopic (exact) mass is 327 g/mol. The van der Waals surface area contributed by atoms with Crippen LogP contribution in [0.3, 0.4) is 0 Å². The van der Waals surface area contributed by atoms with E-state index in [1.165, 1.54) is 12.1 Å². The minimum Gasteiger partial charge on any atom is -0.545 e. The highest BCUT2D eigenvalue weighted by Gasteiger charge is 2.61. The maximum absolute atomic E-state index is 13.8. The zero-order valence-electron chi connectivity index (χ0n) is 13.2. The number of aliphatic carboxylic acids is 1. The third-order valence-electron chi connectivity index (χ3n) is 3.84. The molecule has 3 nitrogen and oxygen atoms in total. The molecule has 0 spiro atoms. The largest absolute Gasteiger partial charge is 0.545 e. The molecule has 1 atom stereocenters. The average Bonchev–Trinajstić information content (AvgIpc) is 2.41. The molecule has 0 amide bonds. The Morgan fingerprint density at radius 3 is 2.35 bits per heavy atom. The third-order valence-corrected chi connectivity index (χ3v) is 3.84. The Morgan fingerprint density at radius 2 is 1.83 bits per heavy atom. The number of carbonyl (C=O) groups excluding carboxylic acids is 1. The number of fused-ring (bicyclic) bond motifs is 1. The van der Waals surface area contributed by atoms with Gasteiger partial charge in [0.15, 0.2) is 0 Å². The number of benzene rings is 1. The Labute approximate surface area is 132 Å². The Balaban J connectivity index is 2.58. The van der Waals surface area contributed by atoms with Gasteiger partial charge in [-0.3, -0.25) is 0 Å². The van der Waals surface area contributed by atoms with E-state index in [1.807, 2.05) is 0 Å². The number of ether oxygens (including phenoxy) is 1. The van der Waals surface area contributed by atoms with E-state index in [9.17, 15) is 23.1 Å². The van der Waals surface area contributed by atoms with Crippen molar-refractivity contribution < 1.29 is 27.8 Å². The number of carbonyl (C=O) groups is 1. The number of alkyl halides is 3. The number of hydrogen-bond acceptors (Lipinski definition) is 3. The summed E-state index contributed by atoms with van der Waals surface area (Å²) in [5.41, 5.74) is -3.89. The van der Waals surface area contributed by atoms with Crippen LogP contribution in [0.15, 0.2) is 29.8 Å². The van der Waals surface area contributed by atoms with Gasteiger partial charge in [0.05, 0.1) is 5.97 Å². The Bertz CT molecular complexity index is 641. The van der Waals surface area contributed by atoms with E-state index in [-0.39, 0.29) is 12.2 Å². The molecule has 0 aliphatic carbocycles. The van der Waals surface area contributed by atoms with Crippen molar-refractivity contribution in [2.24, 2.45) is 5.41 Å². The summed E-state index contributed by atoms with van der Waals surface area (Å²) < 4.78 is 46.7. The molecule has 1 aliphatic heterocycles. The molecule has 0 radical (unpaired) electrons. The molecule has 1 aromatic carbocycles. The third kappa shape index (κ3) is 3.35. The van der Waals surface area contributed by atoms with E-state index in [1.54, 1.807) is 32.9 Å². The van der Waals surface area contributed by atoms with Crippen molar-refractivity contribution in [1.29, 1.82) is 0 Å². The maximum atomic E-state index is 13.8. The highest BCUT2D eigenvalue weighted by molar-refractivity contribution is 5.95. The van der Waals surface area contributed by atoms with Gasteiger partial charge in [-0.25, -0.2) is 0 Å². The lowest BCUT2D eigenvalue weighted by Crippen LogP contribution is -2.57. The van der Waals surface area contributed by atoms with Crippen LogP contribution in [-0.2, 0) is 4.79 Å². The molecule has 0 bridgehead atoms. The van der Waals surface area contributed by atoms with Crippen LogP contribution in [0.2, 0.25) is 0 Å². The van der Waals surface area contributed by atoms with Crippen molar-refractivity contribution in [3.8, 4) is 5.75 Å². The second-order valence-corrected chi connectivity index (χ2v) is 6.87. The summed E-state index contributed by atoms with van der Waals surface area (Å²) in [6.45, 7) is 5.36. The molecule has 0 saturated heterocycles. The predicted molar refractivity (Wildman–Crippen MR) is 77.5 cm³/mol. The first-order chi connectivity index (χ1) is 10.5. The fourth-order valence-electron chi connectivity index (χ4n) is 2.52. The molecule has 0 N–H and O–H groups in total. The van der Waals surface area contributed by atoms with Gasteiger partial charge in [-0.05, 0) is 24.0 Å². The standard InChI is InChI=1S/C17H19F3O3/c1-15(2,3)8-9-16(17(18,19)20)12(14(21)22)10-11-6-4-5-7-13(11)23-16/h4-7,10H,8-9H2,1-3H3,(H,21,22)/p-1. The summed E-state index contributed by atoms with van der Waals surface area (Å²) >= 11 is 0. The molecule has 0 saturated carbocycles. The van der Waals surface area contributed by atoms with E-state index < -0.39 is 35.2 Å². The van der Waals surface area contributed by atoms with Gasteiger partial charge in [-0.2, -0.15) is 13.2 Å². The fourth-order valence-corrected chi connectivity index (χ4v) is 2.52. The molecular weight excluding hydrogens is 309 g/mol. The van der Waals surface area contributed by atoms with Crippen molar-refractivity contribution in [2.45, 2.75) is 45.4 Å². The normalized spacial score (nSPS) is 21.2. The summed E-state index contributed by atoms with van der Waals surface area (Å²) in [4.78, 5) is 11.4. The maximum Gasteiger partial charge on any atom is 0.432 e. The number of para-hydroxylation sites is 1. The highest BCUT2D eigenvalue weighted by Crippen LogP contribution is 2.48. The van der Waals surface area contributed by atoms with E-state index in [0.29, 0.717) is 5.56 Å². The first kappa shape index (κ1) is 17.4. The lowest BCUT2D eigenvalue weighted by atomic mass is 9.79. The summed E-state index contributed by atoms with van der Waals surface area (Å²) in [6, 6.07) is 6.04. The lowest BCUT2D eigenvalue weighted by molar-refractivity contribution is -0.307. The SMILES string of the molecule is CC(C)(C)CCC1(C(F)(F)F)Oc2ccccc2C=C1C(=O)[O-]. The molecule has 1 heterocycles. The molecule has 1 unspecified atom stereocenters. The molecule has 1 aromatic rings. The van der Waals surface area contributed by atoms with Crippen molar-refractivity contribution in [1.82, 2.24) is 0 Å². The average molecular weight is 327 g/mol. The number of carboxylic acids is 1. The smallest absolute Gasteiger partial charge is 0.432 e. The topological polar surface area (TPSA) is 49.4 Å². The minimum absolute atomic E-state index is 0.0173. The zero-order valence-corrected chi connectivity index (χ0v) is 13.2. The number of halogens is 3. The van der Waals surface area contributed by atoms with Crippen LogP contribution in [0.4, 0.5) is 13.2 Å². The Morgan fingerprint density at radius 1 is 1.22 bits per heavy atom. The summed E-state index contributed by atoms with van der Waals surface area (Å²) in [5, 5.41) is 11.4. The van der Waals surface area contributed by atoms with Crippen LogP contribution < -0.4 is 9.84 Å². The van der Waals surface area contributed by atoms with Gasteiger partial charge in [0, 0.05) is 17.6 Å². The van der Waals surface area contributed by atoms with Gasteiger partial charge < -0.3 is 14.6 Å². The first-order valence-corrected chi connectivity index (χ1v) is 7.25. The van der Waals surface area contributed by atoms with E-state index in [2.05, 4.69) is 0 Å². The molecule has 23 heavy (non-hydrogen) atoms. The van der Waals surface area contributed by atoms with Gasteiger partial charge in [-0.1, -0.05) is 39.0 Å². The minimum atomic E-state index is -4.88. The molecule has 0 aromatic heterocycles. The molecule has 0 fully saturated rings. The van der Waals surface area contributed by atoms with E-state index >= 15 is 0 Å². The van der Waals surface area contributed by atoms with Crippen LogP contribution in [0.5, 0.6) is 5.75 Å². The van der Waals surface area contributed by atoms with Gasteiger partial charge in [-0.15, -0.1) is 0 Å². The Hall–Kier alpha value is -1.98. The van der Waals surface area contributed by atoms with Crippen LogP contribution in [0.25, 0.3) is 6.08 Å². The Kier molecular flexibility index (Phi) is 4.22. The summed E-state index contributed by atoms with van der Waals surface area (Å²) in [7, 11) is 0. The number of carboxylic acid groups (broad SMARTS) is 1. The molecule has 126 valence electrons. The zero-order chi connectivity index (χ0) is 17.5. The van der Waals surface area contributed by atoms with Crippen molar-refractivity contribution in [3.05, 3.63) is 35.4 Å². The van der Waals surface area contributed by atoms with Gasteiger partial charge >= 0.3 is 6.18 Å². The fraction of sp³-hybridized carbons (Fsp3) is 0.471. The second kappa shape index (κ2) is 5.58. The van der Waals surface area contributed by atoms with Crippen LogP contribution in [-0.4, -0.2) is 17.7 Å². The van der Waals surface area contributed by atoms with Crippen molar-refractivity contribution in [2.75, 3.05) is 0 Å². The molecule has 2 rings (SSSR count). The van der Waals surface area contributed by atoms with Crippen LogP contribution >= 0.6 is 0 Å². The number of rotatable bonds is 3. The molecule has 1 aliphatic rings. The first-order valence-electron chi connectivity index (χ1n) is 7.25. The molecular formula is C17H18F3O3-. The van der Waals surface area contributed by atoms with Crippen molar-refractivity contribution in [3.63, 3.8) is 0 Å². The second-order valence-electron chi connectivity index (χ2n) is 6.87. The summed E-state index contributed by atoms with van der Waals surface area (Å²) in [5.74, 6) is -1.85. The molecule has 6 heteroatoms.